The quantitative estimate of drug-likeness (QED) is 0.615. The van der Waals surface area contributed by atoms with E-state index in [-0.39, 0.29) is 0 Å². The Morgan fingerprint density at radius 1 is 1.82 bits per heavy atom. The predicted octanol–water partition coefficient (Wildman–Crippen LogP) is 3.07. The first-order chi connectivity index (χ1) is 5.36. The van der Waals surface area contributed by atoms with Crippen LogP contribution in [0.5, 0.6) is 0 Å². The van der Waals surface area contributed by atoms with Crippen molar-refractivity contribution in [2.24, 2.45) is 0 Å². The van der Waals surface area contributed by atoms with E-state index in [4.69, 9.17) is 5.26 Å². The minimum absolute atomic E-state index is 0.812. The predicted molar refractivity (Wildman–Crippen MR) is 48.2 cm³/mol. The zero-order chi connectivity index (χ0) is 8.10. The molecule has 11 heavy (non-hydrogen) atoms. The maximum atomic E-state index is 8.61. The molecule has 0 atom stereocenters. The number of nitrogens with zero attached hydrogens (tertiary/aromatic N) is 1. The highest BCUT2D eigenvalue weighted by Gasteiger charge is 1.91. The van der Waals surface area contributed by atoms with Crippen molar-refractivity contribution in [3.63, 3.8) is 0 Å². The maximum absolute atomic E-state index is 8.61. The summed E-state index contributed by atoms with van der Waals surface area (Å²) in [6.45, 7) is 1.99. The van der Waals surface area contributed by atoms with Gasteiger partial charge in [-0.05, 0) is 34.9 Å². The van der Waals surface area contributed by atoms with Gasteiger partial charge < -0.3 is 0 Å². The van der Waals surface area contributed by atoms with Gasteiger partial charge in [0, 0.05) is 5.57 Å². The minimum Gasteiger partial charge on any atom is -0.193 e. The van der Waals surface area contributed by atoms with Gasteiger partial charge in [-0.1, -0.05) is 6.92 Å². The summed E-state index contributed by atoms with van der Waals surface area (Å²) < 4.78 is 0. The molecule has 0 saturated heterocycles. The normalized spacial score (nSPS) is 11.1. The lowest BCUT2D eigenvalue weighted by molar-refractivity contribution is 1.16. The monoisotopic (exact) mass is 163 g/mol. The van der Waals surface area contributed by atoms with Gasteiger partial charge in [-0.25, -0.2) is 0 Å². The van der Waals surface area contributed by atoms with Crippen LogP contribution in [-0.2, 0) is 0 Å². The van der Waals surface area contributed by atoms with Crippen molar-refractivity contribution >= 4 is 17.4 Å². The second-order valence-corrected chi connectivity index (χ2v) is 2.97. The first-order valence-electron chi connectivity index (χ1n) is 3.49. The Kier molecular flexibility index (Phi) is 2.88. The van der Waals surface area contributed by atoms with Gasteiger partial charge in [0.2, 0.25) is 0 Å². The zero-order valence-corrected chi connectivity index (χ0v) is 7.19. The molecule has 1 aromatic heterocycles. The van der Waals surface area contributed by atoms with Crippen LogP contribution in [0.4, 0.5) is 0 Å². The second kappa shape index (κ2) is 3.95. The van der Waals surface area contributed by atoms with Crippen LogP contribution >= 0.6 is 11.3 Å². The molecule has 0 aliphatic carbocycles. The van der Waals surface area contributed by atoms with E-state index in [1.807, 2.05) is 29.8 Å². The van der Waals surface area contributed by atoms with Gasteiger partial charge >= 0.3 is 0 Å². The van der Waals surface area contributed by atoms with E-state index in [0.29, 0.717) is 0 Å². The lowest BCUT2D eigenvalue weighted by Crippen LogP contribution is -1.72. The molecule has 0 aromatic carbocycles. The zero-order valence-electron chi connectivity index (χ0n) is 6.37. The molecule has 0 spiro atoms. The molecule has 1 rings (SSSR count). The molecule has 0 fully saturated rings. The van der Waals surface area contributed by atoms with E-state index in [2.05, 4.69) is 6.07 Å². The molecule has 0 aliphatic rings. The lowest BCUT2D eigenvalue weighted by Gasteiger charge is -1.88. The van der Waals surface area contributed by atoms with Crippen LogP contribution in [-0.4, -0.2) is 0 Å². The second-order valence-electron chi connectivity index (χ2n) is 2.19. The Balaban J connectivity index is 2.81. The molecule has 0 N–H and O–H groups in total. The number of hydrogen-bond donors (Lipinski definition) is 0. The minimum atomic E-state index is 0.812. The fourth-order valence-corrected chi connectivity index (χ4v) is 1.39. The van der Waals surface area contributed by atoms with Crippen molar-refractivity contribution in [1.29, 1.82) is 5.26 Å². The summed E-state index contributed by atoms with van der Waals surface area (Å²) in [7, 11) is 0. The van der Waals surface area contributed by atoms with Gasteiger partial charge in [0.25, 0.3) is 0 Å². The number of rotatable bonds is 2. The Hall–Kier alpha value is -1.07. The molecule has 56 valence electrons. The van der Waals surface area contributed by atoms with E-state index in [0.717, 1.165) is 17.6 Å². The highest BCUT2D eigenvalue weighted by atomic mass is 32.1. The summed E-state index contributed by atoms with van der Waals surface area (Å²) in [6, 6.07) is 4.17. The molecule has 1 aromatic rings. The number of nitriles is 1. The molecule has 0 amide bonds. The number of hydrogen-bond acceptors (Lipinski definition) is 2. The van der Waals surface area contributed by atoms with Crippen molar-refractivity contribution in [3.05, 3.63) is 28.0 Å². The molecule has 0 saturated carbocycles. The maximum Gasteiger partial charge on any atom is 0.0947 e. The van der Waals surface area contributed by atoms with Gasteiger partial charge in [0.1, 0.15) is 0 Å². The van der Waals surface area contributed by atoms with Gasteiger partial charge in [0.15, 0.2) is 0 Å². The average molecular weight is 163 g/mol. The summed E-state index contributed by atoms with van der Waals surface area (Å²) >= 11 is 1.65. The molecule has 0 bridgehead atoms. The largest absolute Gasteiger partial charge is 0.193 e. The first kappa shape index (κ1) is 8.03. The van der Waals surface area contributed by atoms with Crippen LogP contribution in [0.2, 0.25) is 0 Å². The molecular weight excluding hydrogens is 154 g/mol. The van der Waals surface area contributed by atoms with Crippen molar-refractivity contribution in [1.82, 2.24) is 0 Å². The van der Waals surface area contributed by atoms with Crippen LogP contribution in [0.1, 0.15) is 18.9 Å². The highest BCUT2D eigenvalue weighted by Crippen LogP contribution is 2.11. The molecule has 0 unspecified atom stereocenters. The molecule has 1 heterocycles. The Labute approximate surface area is 70.6 Å². The third kappa shape index (κ3) is 2.21. The SMILES string of the molecule is CC/C(C#N)=C\c1ccsc1. The van der Waals surface area contributed by atoms with Crippen molar-refractivity contribution < 1.29 is 0 Å². The standard InChI is InChI=1S/C9H9NS/c1-2-8(6-10)5-9-3-4-11-7-9/h3-5,7H,2H2,1H3/b8-5+. The van der Waals surface area contributed by atoms with E-state index in [1.54, 1.807) is 11.3 Å². The van der Waals surface area contributed by atoms with Gasteiger partial charge in [0.05, 0.1) is 6.07 Å². The van der Waals surface area contributed by atoms with Gasteiger partial charge in [-0.3, -0.25) is 0 Å². The number of allylic oxidation sites excluding steroid dienone is 1. The van der Waals surface area contributed by atoms with Crippen LogP contribution in [0.15, 0.2) is 22.4 Å². The van der Waals surface area contributed by atoms with Crippen LogP contribution in [0.3, 0.4) is 0 Å². The molecule has 2 heteroatoms. The third-order valence-corrected chi connectivity index (χ3v) is 2.11. The Morgan fingerprint density at radius 3 is 3.09 bits per heavy atom. The van der Waals surface area contributed by atoms with E-state index in [1.165, 1.54) is 0 Å². The smallest absolute Gasteiger partial charge is 0.0947 e. The Morgan fingerprint density at radius 2 is 2.64 bits per heavy atom. The topological polar surface area (TPSA) is 23.8 Å². The van der Waals surface area contributed by atoms with Crippen molar-refractivity contribution in [3.8, 4) is 6.07 Å². The van der Waals surface area contributed by atoms with Crippen molar-refractivity contribution in [2.45, 2.75) is 13.3 Å². The summed E-state index contributed by atoms with van der Waals surface area (Å²) in [6.07, 6.45) is 2.74. The molecule has 0 radical (unpaired) electrons. The van der Waals surface area contributed by atoms with Crippen LogP contribution in [0, 0.1) is 11.3 Å². The summed E-state index contributed by atoms with van der Waals surface area (Å²) in [5.74, 6) is 0. The summed E-state index contributed by atoms with van der Waals surface area (Å²) in [5.41, 5.74) is 1.97. The fraction of sp³-hybridized carbons (Fsp3) is 0.222. The molecule has 0 aliphatic heterocycles. The molecular formula is C9H9NS. The summed E-state index contributed by atoms with van der Waals surface area (Å²) in [4.78, 5) is 0. The third-order valence-electron chi connectivity index (χ3n) is 1.41. The van der Waals surface area contributed by atoms with E-state index < -0.39 is 0 Å². The average Bonchev–Trinajstić information content (AvgIpc) is 2.52. The Bertz CT molecular complexity index is 277. The van der Waals surface area contributed by atoms with Crippen LogP contribution in [0.25, 0.3) is 6.08 Å². The first-order valence-corrected chi connectivity index (χ1v) is 4.44. The van der Waals surface area contributed by atoms with E-state index in [9.17, 15) is 0 Å². The van der Waals surface area contributed by atoms with Gasteiger partial charge in [-0.15, -0.1) is 0 Å². The lowest BCUT2D eigenvalue weighted by atomic mass is 10.1. The highest BCUT2D eigenvalue weighted by molar-refractivity contribution is 7.08. The fourth-order valence-electron chi connectivity index (χ4n) is 0.772. The van der Waals surface area contributed by atoms with E-state index >= 15 is 0 Å². The number of thiophene rings is 1. The van der Waals surface area contributed by atoms with Crippen LogP contribution < -0.4 is 0 Å². The van der Waals surface area contributed by atoms with Gasteiger partial charge in [-0.2, -0.15) is 16.6 Å². The summed E-state index contributed by atoms with van der Waals surface area (Å²) in [5, 5.41) is 12.7. The van der Waals surface area contributed by atoms with Crippen molar-refractivity contribution in [2.75, 3.05) is 0 Å². The molecule has 1 nitrogen and oxygen atoms in total.